The van der Waals surface area contributed by atoms with E-state index in [-0.39, 0.29) is 17.3 Å². The molecular weight excluding hydrogens is 275 g/mol. The molecule has 6 heteroatoms. The lowest BCUT2D eigenvalue weighted by Gasteiger charge is -2.16. The van der Waals surface area contributed by atoms with Crippen molar-refractivity contribution in [2.45, 2.75) is 45.1 Å². The van der Waals surface area contributed by atoms with Crippen molar-refractivity contribution in [3.05, 3.63) is 39.7 Å². The van der Waals surface area contributed by atoms with E-state index in [0.29, 0.717) is 5.92 Å². The van der Waals surface area contributed by atoms with Crippen molar-refractivity contribution in [3.63, 3.8) is 0 Å². The molecule has 0 radical (unpaired) electrons. The third kappa shape index (κ3) is 4.00. The van der Waals surface area contributed by atoms with Gasteiger partial charge >= 0.3 is 0 Å². The summed E-state index contributed by atoms with van der Waals surface area (Å²) in [6, 6.07) is 2.94. The van der Waals surface area contributed by atoms with Gasteiger partial charge in [-0.25, -0.2) is 4.39 Å². The Balaban J connectivity index is 2.13. The van der Waals surface area contributed by atoms with Crippen LogP contribution in [-0.4, -0.2) is 16.9 Å². The van der Waals surface area contributed by atoms with Gasteiger partial charge < -0.3 is 5.32 Å². The molecule has 0 saturated heterocycles. The minimum absolute atomic E-state index is 0.00493. The van der Waals surface area contributed by atoms with Gasteiger partial charge in [0.15, 0.2) is 0 Å². The lowest BCUT2D eigenvalue weighted by molar-refractivity contribution is -0.385. The molecule has 1 fully saturated rings. The number of amides is 1. The van der Waals surface area contributed by atoms with Gasteiger partial charge in [-0.2, -0.15) is 0 Å². The van der Waals surface area contributed by atoms with E-state index in [1.165, 1.54) is 0 Å². The van der Waals surface area contributed by atoms with Gasteiger partial charge in [0.25, 0.3) is 11.6 Å². The Morgan fingerprint density at radius 2 is 2.10 bits per heavy atom. The summed E-state index contributed by atoms with van der Waals surface area (Å²) in [5.41, 5.74) is -0.576. The second kappa shape index (κ2) is 6.65. The molecule has 0 heterocycles. The Hall–Kier alpha value is -1.98. The molecule has 2 rings (SSSR count). The molecule has 1 aliphatic rings. The van der Waals surface area contributed by atoms with E-state index in [1.54, 1.807) is 0 Å². The monoisotopic (exact) mass is 294 g/mol. The van der Waals surface area contributed by atoms with Crippen LogP contribution in [0.4, 0.5) is 10.1 Å². The normalized spacial score (nSPS) is 22.4. The fourth-order valence-corrected chi connectivity index (χ4v) is 2.74. The third-order valence-electron chi connectivity index (χ3n) is 3.99. The summed E-state index contributed by atoms with van der Waals surface area (Å²) in [7, 11) is 0. The first-order chi connectivity index (χ1) is 9.97. The molecule has 1 N–H and O–H groups in total. The molecule has 1 amide bonds. The fraction of sp³-hybridized carbons (Fsp3) is 0.533. The summed E-state index contributed by atoms with van der Waals surface area (Å²) in [6.07, 6.45) is 4.90. The minimum atomic E-state index is -0.663. The van der Waals surface area contributed by atoms with Gasteiger partial charge in [-0.1, -0.05) is 19.8 Å². The van der Waals surface area contributed by atoms with Crippen molar-refractivity contribution < 1.29 is 14.1 Å². The number of nitro benzene ring substituents is 1. The Bertz CT molecular complexity index is 548. The molecule has 5 nitrogen and oxygen atoms in total. The van der Waals surface area contributed by atoms with Crippen molar-refractivity contribution in [2.24, 2.45) is 5.92 Å². The molecule has 1 aliphatic carbocycles. The van der Waals surface area contributed by atoms with Gasteiger partial charge in [0.1, 0.15) is 11.4 Å². The molecule has 0 aliphatic heterocycles. The molecule has 114 valence electrons. The van der Waals surface area contributed by atoms with Crippen LogP contribution in [0.1, 0.15) is 49.4 Å². The van der Waals surface area contributed by atoms with E-state index in [0.717, 1.165) is 50.3 Å². The first-order valence-corrected chi connectivity index (χ1v) is 7.22. The summed E-state index contributed by atoms with van der Waals surface area (Å²) in [6.45, 7) is 2.18. The summed E-state index contributed by atoms with van der Waals surface area (Å²) >= 11 is 0. The van der Waals surface area contributed by atoms with Crippen molar-refractivity contribution in [1.29, 1.82) is 0 Å². The maximum Gasteiger partial charge on any atom is 0.282 e. The molecule has 1 saturated carbocycles. The first-order valence-electron chi connectivity index (χ1n) is 7.22. The molecule has 0 aromatic heterocycles. The zero-order valence-electron chi connectivity index (χ0n) is 12.0. The standard InChI is InChI=1S/C15H19FN2O3/c1-10-3-2-4-12(7-5-10)17-15(19)13-9-11(16)6-8-14(13)18(20)21/h6,8-10,12H,2-5,7H2,1H3,(H,17,19). The lowest BCUT2D eigenvalue weighted by atomic mass is 10.0. The van der Waals surface area contributed by atoms with Crippen LogP contribution in [0, 0.1) is 21.8 Å². The number of nitrogens with one attached hydrogen (secondary N) is 1. The van der Waals surface area contributed by atoms with Crippen molar-refractivity contribution in [2.75, 3.05) is 0 Å². The van der Waals surface area contributed by atoms with Crippen molar-refractivity contribution >= 4 is 11.6 Å². The maximum absolute atomic E-state index is 13.3. The highest BCUT2D eigenvalue weighted by atomic mass is 19.1. The Morgan fingerprint density at radius 1 is 1.33 bits per heavy atom. The number of nitrogens with zero attached hydrogens (tertiary/aromatic N) is 1. The molecule has 0 bridgehead atoms. The molecule has 2 unspecified atom stereocenters. The summed E-state index contributed by atoms with van der Waals surface area (Å²) in [5, 5.41) is 13.7. The molecule has 21 heavy (non-hydrogen) atoms. The van der Waals surface area contributed by atoms with Crippen LogP contribution < -0.4 is 5.32 Å². The van der Waals surface area contributed by atoms with Gasteiger partial charge in [0.05, 0.1) is 4.92 Å². The number of hydrogen-bond acceptors (Lipinski definition) is 3. The highest BCUT2D eigenvalue weighted by molar-refractivity contribution is 5.98. The number of carbonyl (C=O) groups is 1. The van der Waals surface area contributed by atoms with Gasteiger partial charge in [0, 0.05) is 12.1 Å². The van der Waals surface area contributed by atoms with Gasteiger partial charge in [0.2, 0.25) is 0 Å². The second-order valence-electron chi connectivity index (χ2n) is 5.70. The molecular formula is C15H19FN2O3. The summed E-state index contributed by atoms with van der Waals surface area (Å²) in [4.78, 5) is 22.5. The number of benzene rings is 1. The topological polar surface area (TPSA) is 72.2 Å². The van der Waals surface area contributed by atoms with E-state index in [2.05, 4.69) is 12.2 Å². The van der Waals surface area contributed by atoms with E-state index in [1.807, 2.05) is 0 Å². The zero-order valence-corrected chi connectivity index (χ0v) is 12.0. The van der Waals surface area contributed by atoms with E-state index in [4.69, 9.17) is 0 Å². The van der Waals surface area contributed by atoms with Crippen LogP contribution in [-0.2, 0) is 0 Å². The Kier molecular flexibility index (Phi) is 4.88. The van der Waals surface area contributed by atoms with E-state index in [9.17, 15) is 19.3 Å². The van der Waals surface area contributed by atoms with Crippen LogP contribution in [0.2, 0.25) is 0 Å². The minimum Gasteiger partial charge on any atom is -0.349 e. The number of rotatable bonds is 3. The predicted octanol–water partition coefficient (Wildman–Crippen LogP) is 3.43. The number of nitro groups is 1. The Morgan fingerprint density at radius 3 is 2.81 bits per heavy atom. The molecule has 0 spiro atoms. The van der Waals surface area contributed by atoms with E-state index >= 15 is 0 Å². The maximum atomic E-state index is 13.3. The quantitative estimate of drug-likeness (QED) is 0.527. The van der Waals surface area contributed by atoms with Gasteiger partial charge in [-0.3, -0.25) is 14.9 Å². The smallest absolute Gasteiger partial charge is 0.282 e. The number of carbonyl (C=O) groups excluding carboxylic acids is 1. The van der Waals surface area contributed by atoms with E-state index < -0.39 is 16.6 Å². The molecule has 1 aromatic rings. The van der Waals surface area contributed by atoms with Crippen molar-refractivity contribution in [3.8, 4) is 0 Å². The summed E-state index contributed by atoms with van der Waals surface area (Å²) < 4.78 is 13.3. The molecule has 2 atom stereocenters. The number of halogens is 1. The zero-order chi connectivity index (χ0) is 15.4. The first kappa shape index (κ1) is 15.4. The number of hydrogen-bond donors (Lipinski definition) is 1. The largest absolute Gasteiger partial charge is 0.349 e. The fourth-order valence-electron chi connectivity index (χ4n) is 2.74. The Labute approximate surface area is 122 Å². The lowest BCUT2D eigenvalue weighted by Crippen LogP contribution is -2.34. The van der Waals surface area contributed by atoms with Gasteiger partial charge in [-0.15, -0.1) is 0 Å². The highest BCUT2D eigenvalue weighted by Crippen LogP contribution is 2.24. The second-order valence-corrected chi connectivity index (χ2v) is 5.70. The van der Waals surface area contributed by atoms with Gasteiger partial charge in [-0.05, 0) is 37.3 Å². The third-order valence-corrected chi connectivity index (χ3v) is 3.99. The van der Waals surface area contributed by atoms with Crippen LogP contribution >= 0.6 is 0 Å². The van der Waals surface area contributed by atoms with Crippen LogP contribution in [0.25, 0.3) is 0 Å². The average molecular weight is 294 g/mol. The summed E-state index contributed by atoms with van der Waals surface area (Å²) in [5.74, 6) is -0.587. The SMILES string of the molecule is CC1CCCC(NC(=O)c2cc(F)ccc2[N+](=O)[O-])CC1. The van der Waals surface area contributed by atoms with Crippen LogP contribution in [0.5, 0.6) is 0 Å². The average Bonchev–Trinajstić information content (AvgIpc) is 2.63. The van der Waals surface area contributed by atoms with Crippen LogP contribution in [0.15, 0.2) is 18.2 Å². The van der Waals surface area contributed by atoms with Crippen LogP contribution in [0.3, 0.4) is 0 Å². The predicted molar refractivity (Wildman–Crippen MR) is 76.6 cm³/mol. The van der Waals surface area contributed by atoms with Crippen molar-refractivity contribution in [1.82, 2.24) is 5.32 Å². The highest BCUT2D eigenvalue weighted by Gasteiger charge is 2.24. The molecule has 1 aromatic carbocycles.